The first-order chi connectivity index (χ1) is 49.4. The molecule has 5 aliphatic heterocycles. The average Bonchev–Trinajstić information content (AvgIpc) is 1.72. The van der Waals surface area contributed by atoms with Gasteiger partial charge in [0.25, 0.3) is 0 Å². The van der Waals surface area contributed by atoms with E-state index in [1.54, 1.807) is 78.9 Å². The highest BCUT2D eigenvalue weighted by atomic mass is 19.4. The Balaban J connectivity index is 0.000000129. The summed E-state index contributed by atoms with van der Waals surface area (Å²) >= 11 is 0. The van der Waals surface area contributed by atoms with Crippen molar-refractivity contribution >= 4 is 59.7 Å². The number of cyclic esters (lactones) is 10. The van der Waals surface area contributed by atoms with E-state index in [1.807, 2.05) is 31.2 Å². The summed E-state index contributed by atoms with van der Waals surface area (Å²) in [5.41, 5.74) is 7.26. The molecule has 0 unspecified atom stereocenters. The predicted molar refractivity (Wildman–Crippen MR) is 353 cm³/mol. The van der Waals surface area contributed by atoms with Crippen molar-refractivity contribution in [2.75, 3.05) is 0 Å². The topological polar surface area (TPSA) is 217 Å². The maximum absolute atomic E-state index is 13.4. The predicted octanol–water partition coefficient (Wildman–Crippen LogP) is 13.7. The van der Waals surface area contributed by atoms with Crippen LogP contribution in [0.1, 0.15) is 170 Å². The fourth-order valence-corrected chi connectivity index (χ4v) is 9.75. The van der Waals surface area contributed by atoms with Crippen LogP contribution in [0.25, 0.3) is 0 Å². The summed E-state index contributed by atoms with van der Waals surface area (Å²) in [6, 6.07) is 53.4. The van der Waals surface area contributed by atoms with Crippen molar-refractivity contribution in [1.82, 2.24) is 0 Å². The van der Waals surface area contributed by atoms with Crippen molar-refractivity contribution in [3.05, 3.63) is 352 Å². The Morgan fingerprint density at radius 1 is 0.252 bits per heavy atom. The van der Waals surface area contributed by atoms with Crippen molar-refractivity contribution in [2.24, 2.45) is 0 Å². The van der Waals surface area contributed by atoms with E-state index in [-0.39, 0.29) is 72.8 Å². The van der Waals surface area contributed by atoms with Crippen LogP contribution in [-0.4, -0.2) is 59.7 Å². The number of ether oxygens (including phenoxy) is 5. The Labute approximate surface area is 579 Å². The molecule has 498 valence electrons. The van der Waals surface area contributed by atoms with Gasteiger partial charge in [-0.1, -0.05) is 102 Å². The number of hydrogen-bond acceptors (Lipinski definition) is 15. The number of carbonyl (C=O) groups excluding carboxylic acids is 10. The summed E-state index contributed by atoms with van der Waals surface area (Å²) in [4.78, 5) is 114. The van der Waals surface area contributed by atoms with Gasteiger partial charge in [-0.05, 0) is 182 Å². The maximum Gasteiger partial charge on any atom is 0.417 e. The fraction of sp³-hybridized carbons (Fsp3) is 0.0244. The van der Waals surface area contributed by atoms with Crippen LogP contribution in [0.3, 0.4) is 0 Å². The van der Waals surface area contributed by atoms with Crippen LogP contribution in [-0.2, 0) is 29.9 Å². The maximum atomic E-state index is 13.4. The molecule has 0 atom stereocenters. The molecule has 103 heavy (non-hydrogen) atoms. The minimum atomic E-state index is -4.50. The number of benzene rings is 10. The van der Waals surface area contributed by atoms with E-state index in [2.05, 4.69) is 82.9 Å². The smallest absolute Gasteiger partial charge is 0.386 e. The fourth-order valence-electron chi connectivity index (χ4n) is 9.75. The highest BCUT2D eigenvalue weighted by molar-refractivity contribution is 6.17. The average molecular weight is 1380 g/mol. The lowest BCUT2D eigenvalue weighted by Crippen LogP contribution is -2.07. The molecule has 0 fully saturated rings. The summed E-state index contributed by atoms with van der Waals surface area (Å²) in [6.45, 7) is 2.00. The molecule has 5 heterocycles. The third-order valence-corrected chi connectivity index (χ3v) is 14.8. The molecule has 0 N–H and O–H groups in total. The van der Waals surface area contributed by atoms with Crippen molar-refractivity contribution in [2.45, 2.75) is 13.1 Å². The quantitative estimate of drug-likeness (QED) is 0.0453. The second kappa shape index (κ2) is 30.4. The Morgan fingerprint density at radius 3 is 0.903 bits per heavy atom. The van der Waals surface area contributed by atoms with E-state index in [1.165, 1.54) is 103 Å². The van der Waals surface area contributed by atoms with Crippen LogP contribution >= 0.6 is 0 Å². The van der Waals surface area contributed by atoms with Crippen LogP contribution < -0.4 is 0 Å². The summed E-state index contributed by atoms with van der Waals surface area (Å²) in [6.07, 6.45) is -4.50. The second-order valence-electron chi connectivity index (χ2n) is 21.8. The van der Waals surface area contributed by atoms with Gasteiger partial charge in [0.1, 0.15) is 17.5 Å². The van der Waals surface area contributed by atoms with Gasteiger partial charge >= 0.3 is 65.9 Å². The molecule has 0 aromatic heterocycles. The summed E-state index contributed by atoms with van der Waals surface area (Å²) < 4.78 is 100. The number of carbonyl (C=O) groups is 10. The molecule has 0 radical (unpaired) electrons. The van der Waals surface area contributed by atoms with Gasteiger partial charge in [0.2, 0.25) is 0 Å². The van der Waals surface area contributed by atoms with E-state index in [0.717, 1.165) is 17.2 Å². The SMILES string of the molecule is Cc1cccc(C#Cc2ccc3c(c2)C(=O)OC3=O)c1.O=C1OC(=O)c2cc(C#Cc3ccc(F)cc3)ccc21.O=C1OC(=O)c2cc(C#Cc3cccc(F)c3)ccc21.O=C1OC(=O)c2cc(C#Cc3ccccc3C(F)(F)F)ccc21.O=C1OC(=O)c2cc(C#Cc3ccccc3F)ccc21. The molecule has 0 saturated heterocycles. The first kappa shape index (κ1) is 69.6. The third-order valence-electron chi connectivity index (χ3n) is 14.8. The molecule has 0 aliphatic carbocycles. The van der Waals surface area contributed by atoms with Crippen molar-refractivity contribution in [1.29, 1.82) is 0 Å². The van der Waals surface area contributed by atoms with Gasteiger partial charge < -0.3 is 23.7 Å². The third kappa shape index (κ3) is 17.0. The first-order valence-electron chi connectivity index (χ1n) is 30.0. The number of hydrogen-bond donors (Lipinski definition) is 0. The molecule has 15 rings (SSSR count). The Morgan fingerprint density at radius 2 is 0.544 bits per heavy atom. The standard InChI is InChI=1S/C17H7F3O3.C17H10O3.3C16H7FO3/c18-17(19,20)14-4-2-1-3-11(14)7-5-10-6-8-12-13(9-10)16(22)23-15(12)21;1-11-3-2-4-12(9-11)5-6-13-7-8-14-15(10-13)17(19)20-16(14)18;17-12-6-3-10(4-7-12)1-2-11-5-8-13-14(9-11)16(19)20-15(13)18;17-12-3-1-2-10(8-12)4-5-11-6-7-13-14(9-11)16(19)20-15(13)18;17-14-4-2-1-3-11(14)7-5-10-6-8-12-13(9-10)16(19)20-15(12)18/h1-4,6,8-9H;2-4,7-10H,1H3;3-9H;1-3,6-9H;1-4,6,8-9H. The molecule has 0 bridgehead atoms. The summed E-state index contributed by atoms with van der Waals surface area (Å²) in [5.74, 6) is 20.0. The lowest BCUT2D eigenvalue weighted by Gasteiger charge is -2.08. The van der Waals surface area contributed by atoms with Crippen molar-refractivity contribution < 1.29 is 98.0 Å². The molecule has 0 saturated carbocycles. The highest BCUT2D eigenvalue weighted by Gasteiger charge is 2.35. The molecular formula is C82H38F6O15. The van der Waals surface area contributed by atoms with Gasteiger partial charge in [0.05, 0.1) is 66.8 Å². The number of rotatable bonds is 0. The van der Waals surface area contributed by atoms with Gasteiger partial charge in [-0.15, -0.1) is 0 Å². The van der Waals surface area contributed by atoms with Gasteiger partial charge in [-0.2, -0.15) is 13.2 Å². The molecular weight excluding hydrogens is 1340 g/mol. The Kier molecular flexibility index (Phi) is 20.5. The zero-order valence-electron chi connectivity index (χ0n) is 52.6. The number of aryl methyl sites for hydroxylation is 1. The van der Waals surface area contributed by atoms with Crippen LogP contribution in [0.15, 0.2) is 212 Å². The van der Waals surface area contributed by atoms with Gasteiger partial charge in [-0.3, -0.25) is 0 Å². The molecule has 5 aliphatic rings. The first-order valence-corrected chi connectivity index (χ1v) is 30.0. The minimum Gasteiger partial charge on any atom is -0.386 e. The van der Waals surface area contributed by atoms with Gasteiger partial charge in [-0.25, -0.2) is 61.1 Å². The lowest BCUT2D eigenvalue weighted by molar-refractivity contribution is -0.137. The van der Waals surface area contributed by atoms with Gasteiger partial charge in [0, 0.05) is 50.1 Å². The summed E-state index contributed by atoms with van der Waals surface area (Å²) in [7, 11) is 0. The second-order valence-corrected chi connectivity index (χ2v) is 21.8. The van der Waals surface area contributed by atoms with E-state index in [9.17, 15) is 74.3 Å². The van der Waals surface area contributed by atoms with Crippen LogP contribution in [0.4, 0.5) is 26.3 Å². The molecule has 0 amide bonds. The van der Waals surface area contributed by atoms with Crippen molar-refractivity contribution in [3.8, 4) is 59.2 Å². The number of alkyl halides is 3. The number of halogens is 6. The highest BCUT2D eigenvalue weighted by Crippen LogP contribution is 2.32. The Hall–Kier alpha value is -14.7. The normalized spacial score (nSPS) is 12.6. The monoisotopic (exact) mass is 1380 g/mol. The molecule has 0 spiro atoms. The number of esters is 10. The van der Waals surface area contributed by atoms with Crippen LogP contribution in [0.5, 0.6) is 0 Å². The lowest BCUT2D eigenvalue weighted by atomic mass is 10.0. The van der Waals surface area contributed by atoms with E-state index >= 15 is 0 Å². The summed E-state index contributed by atoms with van der Waals surface area (Å²) in [5, 5.41) is 0. The molecule has 21 heteroatoms. The number of fused-ring (bicyclic) bond motifs is 5. The van der Waals surface area contributed by atoms with E-state index < -0.39 is 77.3 Å². The van der Waals surface area contributed by atoms with Crippen LogP contribution in [0.2, 0.25) is 0 Å². The molecule has 10 aromatic rings. The molecule has 10 aromatic carbocycles. The minimum absolute atomic E-state index is 0.0610. The van der Waals surface area contributed by atoms with E-state index in [0.29, 0.717) is 44.5 Å². The Bertz CT molecular complexity index is 5530. The van der Waals surface area contributed by atoms with Gasteiger partial charge in [0.15, 0.2) is 0 Å². The van der Waals surface area contributed by atoms with Crippen molar-refractivity contribution in [3.63, 3.8) is 0 Å². The zero-order valence-corrected chi connectivity index (χ0v) is 52.6. The molecule has 15 nitrogen and oxygen atoms in total. The van der Waals surface area contributed by atoms with Crippen LogP contribution in [0, 0.1) is 83.6 Å². The zero-order chi connectivity index (χ0) is 73.1. The van der Waals surface area contributed by atoms with E-state index in [4.69, 9.17) is 0 Å². The largest absolute Gasteiger partial charge is 0.417 e.